The van der Waals surface area contributed by atoms with Crippen molar-refractivity contribution in [3.8, 4) is 0 Å². The van der Waals surface area contributed by atoms with Crippen LogP contribution >= 0.6 is 11.8 Å². The zero-order chi connectivity index (χ0) is 13.7. The molecule has 2 aromatic carbocycles. The zero-order valence-electron chi connectivity index (χ0n) is 10.6. The van der Waals surface area contributed by atoms with Gasteiger partial charge in [-0.1, -0.05) is 19.1 Å². The average molecular weight is 279 g/mol. The molecule has 0 aliphatic rings. The van der Waals surface area contributed by atoms with Crippen molar-refractivity contribution >= 4 is 17.4 Å². The number of anilines is 1. The van der Waals surface area contributed by atoms with E-state index in [1.165, 1.54) is 6.07 Å². The summed E-state index contributed by atoms with van der Waals surface area (Å²) in [6.07, 6.45) is 0. The van der Waals surface area contributed by atoms with E-state index in [-0.39, 0.29) is 6.54 Å². The fraction of sp³-hybridized carbons (Fsp3) is 0.200. The molecule has 2 aromatic rings. The highest BCUT2D eigenvalue weighted by atomic mass is 32.2. The van der Waals surface area contributed by atoms with Gasteiger partial charge in [-0.15, -0.1) is 11.8 Å². The quantitative estimate of drug-likeness (QED) is 0.797. The Kier molecular flexibility index (Phi) is 4.80. The van der Waals surface area contributed by atoms with Crippen molar-refractivity contribution in [1.29, 1.82) is 0 Å². The molecule has 0 aromatic heterocycles. The molecule has 0 aliphatic carbocycles. The summed E-state index contributed by atoms with van der Waals surface area (Å²) < 4.78 is 26.6. The lowest BCUT2D eigenvalue weighted by Gasteiger charge is -2.11. The Bertz CT molecular complexity index is 558. The summed E-state index contributed by atoms with van der Waals surface area (Å²) in [5, 5.41) is 3.15. The summed E-state index contributed by atoms with van der Waals surface area (Å²) in [6, 6.07) is 11.3. The van der Waals surface area contributed by atoms with Crippen LogP contribution in [-0.2, 0) is 6.54 Å². The highest BCUT2D eigenvalue weighted by molar-refractivity contribution is 7.99. The van der Waals surface area contributed by atoms with Crippen molar-refractivity contribution in [3.63, 3.8) is 0 Å². The number of thioether (sulfide) groups is 1. The maximum atomic E-state index is 13.5. The number of hydrogen-bond donors (Lipinski definition) is 1. The molecule has 2 rings (SSSR count). The van der Waals surface area contributed by atoms with Gasteiger partial charge in [0.15, 0.2) is 0 Å². The van der Waals surface area contributed by atoms with Crippen molar-refractivity contribution in [3.05, 3.63) is 59.7 Å². The molecular formula is C15H15F2NS. The third kappa shape index (κ3) is 3.70. The van der Waals surface area contributed by atoms with Gasteiger partial charge in [0.2, 0.25) is 0 Å². The molecule has 0 heterocycles. The van der Waals surface area contributed by atoms with E-state index in [1.54, 1.807) is 11.8 Å². The lowest BCUT2D eigenvalue weighted by atomic mass is 10.2. The summed E-state index contributed by atoms with van der Waals surface area (Å²) in [7, 11) is 0. The summed E-state index contributed by atoms with van der Waals surface area (Å²) >= 11 is 1.71. The van der Waals surface area contributed by atoms with Gasteiger partial charge in [0, 0.05) is 22.7 Å². The van der Waals surface area contributed by atoms with E-state index in [0.29, 0.717) is 5.56 Å². The molecule has 0 aliphatic heterocycles. The standard InChI is InChI=1S/C15H15F2NS/c1-2-19-15-6-4-3-5-14(15)18-10-11-9-12(16)7-8-13(11)17/h3-9,18H,2,10H2,1H3. The van der Waals surface area contributed by atoms with Gasteiger partial charge < -0.3 is 5.32 Å². The van der Waals surface area contributed by atoms with Crippen molar-refractivity contribution < 1.29 is 8.78 Å². The molecule has 19 heavy (non-hydrogen) atoms. The second-order valence-corrected chi connectivity index (χ2v) is 5.32. The third-order valence-corrected chi connectivity index (χ3v) is 3.62. The van der Waals surface area contributed by atoms with Gasteiger partial charge in [0.1, 0.15) is 11.6 Å². The molecule has 0 atom stereocenters. The van der Waals surface area contributed by atoms with Crippen LogP contribution in [0.1, 0.15) is 12.5 Å². The first kappa shape index (κ1) is 13.9. The molecule has 0 saturated heterocycles. The van der Waals surface area contributed by atoms with Crippen molar-refractivity contribution in [2.24, 2.45) is 0 Å². The van der Waals surface area contributed by atoms with Gasteiger partial charge in [-0.3, -0.25) is 0 Å². The Hall–Kier alpha value is -1.55. The average Bonchev–Trinajstić information content (AvgIpc) is 2.42. The van der Waals surface area contributed by atoms with E-state index < -0.39 is 11.6 Å². The summed E-state index contributed by atoms with van der Waals surface area (Å²) in [5.41, 5.74) is 1.27. The van der Waals surface area contributed by atoms with Gasteiger partial charge in [0.25, 0.3) is 0 Å². The molecular weight excluding hydrogens is 264 g/mol. The van der Waals surface area contributed by atoms with Crippen LogP contribution in [0.2, 0.25) is 0 Å². The van der Waals surface area contributed by atoms with E-state index in [0.717, 1.165) is 28.5 Å². The van der Waals surface area contributed by atoms with Crippen LogP contribution in [0.4, 0.5) is 14.5 Å². The van der Waals surface area contributed by atoms with E-state index >= 15 is 0 Å². The molecule has 0 bridgehead atoms. The second-order valence-electron chi connectivity index (χ2n) is 4.02. The number of hydrogen-bond acceptors (Lipinski definition) is 2. The molecule has 0 saturated carbocycles. The first-order valence-corrected chi connectivity index (χ1v) is 7.09. The van der Waals surface area contributed by atoms with Crippen molar-refractivity contribution in [2.75, 3.05) is 11.1 Å². The largest absolute Gasteiger partial charge is 0.380 e. The number of halogens is 2. The van der Waals surface area contributed by atoms with Crippen molar-refractivity contribution in [1.82, 2.24) is 0 Å². The molecule has 0 fully saturated rings. The monoisotopic (exact) mass is 279 g/mol. The van der Waals surface area contributed by atoms with Gasteiger partial charge in [-0.05, 0) is 36.1 Å². The Morgan fingerprint density at radius 1 is 1.11 bits per heavy atom. The Balaban J connectivity index is 2.12. The lowest BCUT2D eigenvalue weighted by Crippen LogP contribution is -2.03. The van der Waals surface area contributed by atoms with Gasteiger partial charge >= 0.3 is 0 Å². The topological polar surface area (TPSA) is 12.0 Å². The Labute approximate surface area is 116 Å². The fourth-order valence-electron chi connectivity index (χ4n) is 1.76. The summed E-state index contributed by atoms with van der Waals surface area (Å²) in [6.45, 7) is 2.35. The molecule has 0 amide bonds. The highest BCUT2D eigenvalue weighted by Crippen LogP contribution is 2.27. The van der Waals surface area contributed by atoms with Crippen molar-refractivity contribution in [2.45, 2.75) is 18.4 Å². The predicted octanol–water partition coefficient (Wildman–Crippen LogP) is 4.69. The van der Waals surface area contributed by atoms with E-state index in [4.69, 9.17) is 0 Å². The Morgan fingerprint density at radius 3 is 2.68 bits per heavy atom. The predicted molar refractivity (Wildman–Crippen MR) is 76.5 cm³/mol. The first-order chi connectivity index (χ1) is 9.20. The molecule has 1 N–H and O–H groups in total. The minimum Gasteiger partial charge on any atom is -0.380 e. The second kappa shape index (κ2) is 6.57. The smallest absolute Gasteiger partial charge is 0.128 e. The summed E-state index contributed by atoms with van der Waals surface area (Å²) in [4.78, 5) is 1.11. The van der Waals surface area contributed by atoms with Crippen LogP contribution in [0.15, 0.2) is 47.4 Å². The number of benzene rings is 2. The zero-order valence-corrected chi connectivity index (χ0v) is 11.4. The van der Waals surface area contributed by atoms with E-state index in [2.05, 4.69) is 12.2 Å². The van der Waals surface area contributed by atoms with Gasteiger partial charge in [-0.25, -0.2) is 8.78 Å². The Morgan fingerprint density at radius 2 is 1.89 bits per heavy atom. The minimum absolute atomic E-state index is 0.269. The van der Waals surface area contributed by atoms with E-state index in [9.17, 15) is 8.78 Å². The highest BCUT2D eigenvalue weighted by Gasteiger charge is 2.05. The first-order valence-electron chi connectivity index (χ1n) is 6.10. The molecule has 0 radical (unpaired) electrons. The molecule has 0 spiro atoms. The van der Waals surface area contributed by atoms with Crippen LogP contribution < -0.4 is 5.32 Å². The third-order valence-electron chi connectivity index (χ3n) is 2.66. The maximum Gasteiger partial charge on any atom is 0.128 e. The van der Waals surface area contributed by atoms with Crippen LogP contribution in [0.5, 0.6) is 0 Å². The molecule has 4 heteroatoms. The van der Waals surface area contributed by atoms with Gasteiger partial charge in [0.05, 0.1) is 0 Å². The number of para-hydroxylation sites is 1. The maximum absolute atomic E-state index is 13.5. The molecule has 0 unspecified atom stereocenters. The van der Waals surface area contributed by atoms with Gasteiger partial charge in [-0.2, -0.15) is 0 Å². The normalized spacial score (nSPS) is 10.5. The van der Waals surface area contributed by atoms with E-state index in [1.807, 2.05) is 24.3 Å². The van der Waals surface area contributed by atoms with Crippen LogP contribution in [0, 0.1) is 11.6 Å². The fourth-order valence-corrected chi connectivity index (χ4v) is 2.54. The summed E-state index contributed by atoms with van der Waals surface area (Å²) in [5.74, 6) is 0.150. The number of nitrogens with one attached hydrogen (secondary N) is 1. The van der Waals surface area contributed by atoms with Crippen LogP contribution in [-0.4, -0.2) is 5.75 Å². The molecule has 100 valence electrons. The SMILES string of the molecule is CCSc1ccccc1NCc1cc(F)ccc1F. The minimum atomic E-state index is -0.422. The lowest BCUT2D eigenvalue weighted by molar-refractivity contribution is 0.587. The van der Waals surface area contributed by atoms with Crippen LogP contribution in [0.25, 0.3) is 0 Å². The molecule has 1 nitrogen and oxygen atoms in total. The van der Waals surface area contributed by atoms with Crippen LogP contribution in [0.3, 0.4) is 0 Å². The number of rotatable bonds is 5.